The minimum atomic E-state index is -0.375. The first-order valence-corrected chi connectivity index (χ1v) is 7.20. The molecule has 0 aliphatic rings. The van der Waals surface area contributed by atoms with Crippen LogP contribution in [0, 0.1) is 0 Å². The molecule has 2 rings (SSSR count). The van der Waals surface area contributed by atoms with Gasteiger partial charge in [0.1, 0.15) is 0 Å². The molecule has 0 radical (unpaired) electrons. The third-order valence-corrected chi connectivity index (χ3v) is 3.64. The lowest BCUT2D eigenvalue weighted by molar-refractivity contribution is 0.0916. The Labute approximate surface area is 122 Å². The van der Waals surface area contributed by atoms with Crippen LogP contribution in [0.15, 0.2) is 41.1 Å². The maximum Gasteiger partial charge on any atom is 0.251 e. The number of amides is 1. The first-order chi connectivity index (χ1) is 9.74. The molecule has 20 heavy (non-hydrogen) atoms. The molecule has 106 valence electrons. The predicted octanol–water partition coefficient (Wildman–Crippen LogP) is 2.36. The first-order valence-electron chi connectivity index (χ1n) is 6.26. The van der Waals surface area contributed by atoms with Gasteiger partial charge in [0.25, 0.3) is 5.91 Å². The van der Waals surface area contributed by atoms with Crippen molar-refractivity contribution in [1.82, 2.24) is 5.32 Å². The summed E-state index contributed by atoms with van der Waals surface area (Å²) in [7, 11) is 1.62. The summed E-state index contributed by atoms with van der Waals surface area (Å²) in [4.78, 5) is 12.2. The van der Waals surface area contributed by atoms with Crippen molar-refractivity contribution in [3.05, 3.63) is 57.8 Å². The molecule has 0 spiro atoms. The molecule has 4 nitrogen and oxygen atoms in total. The Bertz CT molecular complexity index is 554. The van der Waals surface area contributed by atoms with Gasteiger partial charge in [-0.15, -0.1) is 0 Å². The molecular weight excluding hydrogens is 274 g/mol. The van der Waals surface area contributed by atoms with E-state index in [1.54, 1.807) is 19.2 Å². The predicted molar refractivity (Wildman–Crippen MR) is 78.8 cm³/mol. The molecule has 2 aromatic rings. The number of hydrogen-bond acceptors (Lipinski definition) is 4. The van der Waals surface area contributed by atoms with Gasteiger partial charge in [0.05, 0.1) is 19.3 Å². The van der Waals surface area contributed by atoms with Gasteiger partial charge < -0.3 is 15.2 Å². The molecule has 1 atom stereocenters. The first kappa shape index (κ1) is 14.7. The van der Waals surface area contributed by atoms with Gasteiger partial charge in [-0.1, -0.05) is 12.1 Å². The van der Waals surface area contributed by atoms with Crippen LogP contribution in [0.4, 0.5) is 0 Å². The second-order valence-electron chi connectivity index (χ2n) is 4.40. The summed E-state index contributed by atoms with van der Waals surface area (Å²) >= 11 is 1.54. The lowest BCUT2D eigenvalue weighted by atomic mass is 10.1. The Morgan fingerprint density at radius 2 is 2.30 bits per heavy atom. The van der Waals surface area contributed by atoms with E-state index in [2.05, 4.69) is 5.32 Å². The highest BCUT2D eigenvalue weighted by molar-refractivity contribution is 7.07. The van der Waals surface area contributed by atoms with E-state index < -0.39 is 0 Å². The van der Waals surface area contributed by atoms with Crippen LogP contribution in [0.3, 0.4) is 0 Å². The Balaban J connectivity index is 2.09. The van der Waals surface area contributed by atoms with E-state index >= 15 is 0 Å². The summed E-state index contributed by atoms with van der Waals surface area (Å²) < 4.78 is 5.05. The third-order valence-electron chi connectivity index (χ3n) is 2.93. The van der Waals surface area contributed by atoms with Gasteiger partial charge in [0.15, 0.2) is 0 Å². The zero-order valence-corrected chi connectivity index (χ0v) is 12.0. The molecule has 2 N–H and O–H groups in total. The molecule has 0 saturated carbocycles. The van der Waals surface area contributed by atoms with Crippen molar-refractivity contribution in [1.29, 1.82) is 0 Å². The van der Waals surface area contributed by atoms with Crippen molar-refractivity contribution in [2.75, 3.05) is 13.7 Å². The van der Waals surface area contributed by atoms with Gasteiger partial charge >= 0.3 is 0 Å². The standard InChI is InChI=1S/C15H17NO3S/c1-19-9-11-3-2-4-12(7-11)15(18)16-14(8-17)13-5-6-20-10-13/h2-7,10,14,17H,8-9H2,1H3,(H,16,18). The summed E-state index contributed by atoms with van der Waals surface area (Å²) in [5.41, 5.74) is 2.42. The number of nitrogens with one attached hydrogen (secondary N) is 1. The van der Waals surface area contributed by atoms with Gasteiger partial charge in [0, 0.05) is 12.7 Å². The van der Waals surface area contributed by atoms with Gasteiger partial charge in [-0.25, -0.2) is 0 Å². The normalized spacial score (nSPS) is 12.1. The van der Waals surface area contributed by atoms with Crippen LogP contribution in [0.2, 0.25) is 0 Å². The minimum absolute atomic E-state index is 0.125. The lowest BCUT2D eigenvalue weighted by Crippen LogP contribution is -2.30. The van der Waals surface area contributed by atoms with Crippen LogP contribution < -0.4 is 5.32 Å². The van der Waals surface area contributed by atoms with Crippen LogP contribution in [0.1, 0.15) is 27.5 Å². The van der Waals surface area contributed by atoms with Gasteiger partial charge in [-0.3, -0.25) is 4.79 Å². The molecule has 0 aliphatic carbocycles. The second-order valence-corrected chi connectivity index (χ2v) is 5.18. The number of methoxy groups -OCH3 is 1. The number of aliphatic hydroxyl groups is 1. The molecule has 1 heterocycles. The second kappa shape index (κ2) is 7.19. The number of ether oxygens (including phenoxy) is 1. The molecule has 5 heteroatoms. The molecule has 0 bridgehead atoms. The van der Waals surface area contributed by atoms with Crippen molar-refractivity contribution in [3.8, 4) is 0 Å². The van der Waals surface area contributed by atoms with Crippen LogP contribution in [-0.2, 0) is 11.3 Å². The molecule has 0 saturated heterocycles. The molecule has 1 aromatic carbocycles. The Kier molecular flexibility index (Phi) is 5.29. The van der Waals surface area contributed by atoms with E-state index in [9.17, 15) is 9.90 Å². The molecule has 0 aliphatic heterocycles. The van der Waals surface area contributed by atoms with Gasteiger partial charge in [-0.2, -0.15) is 11.3 Å². The number of rotatable bonds is 6. The SMILES string of the molecule is COCc1cccc(C(=O)NC(CO)c2ccsc2)c1. The molecule has 1 amide bonds. The van der Waals surface area contributed by atoms with E-state index in [4.69, 9.17) is 4.74 Å². The average Bonchev–Trinajstić information content (AvgIpc) is 2.99. The molecule has 1 aromatic heterocycles. The van der Waals surface area contributed by atoms with E-state index in [0.717, 1.165) is 11.1 Å². The minimum Gasteiger partial charge on any atom is -0.394 e. The number of carbonyl (C=O) groups is 1. The monoisotopic (exact) mass is 291 g/mol. The van der Waals surface area contributed by atoms with E-state index in [-0.39, 0.29) is 18.6 Å². The fourth-order valence-corrected chi connectivity index (χ4v) is 2.63. The van der Waals surface area contributed by atoms with Crippen LogP contribution in [-0.4, -0.2) is 24.7 Å². The highest BCUT2D eigenvalue weighted by atomic mass is 32.1. The number of carbonyl (C=O) groups excluding carboxylic acids is 1. The zero-order chi connectivity index (χ0) is 14.4. The maximum atomic E-state index is 12.2. The highest BCUT2D eigenvalue weighted by Crippen LogP contribution is 2.17. The largest absolute Gasteiger partial charge is 0.394 e. The van der Waals surface area contributed by atoms with Crippen molar-refractivity contribution in [2.45, 2.75) is 12.6 Å². The van der Waals surface area contributed by atoms with E-state index in [1.165, 1.54) is 11.3 Å². The summed E-state index contributed by atoms with van der Waals surface area (Å²) in [5.74, 6) is -0.201. The third kappa shape index (κ3) is 3.66. The number of hydrogen-bond donors (Lipinski definition) is 2. The highest BCUT2D eigenvalue weighted by Gasteiger charge is 2.15. The smallest absolute Gasteiger partial charge is 0.251 e. The van der Waals surface area contributed by atoms with Gasteiger partial charge in [0.2, 0.25) is 0 Å². The van der Waals surface area contributed by atoms with E-state index in [1.807, 2.05) is 29.0 Å². The topological polar surface area (TPSA) is 58.6 Å². The fraction of sp³-hybridized carbons (Fsp3) is 0.267. The average molecular weight is 291 g/mol. The van der Waals surface area contributed by atoms with E-state index in [0.29, 0.717) is 12.2 Å². The van der Waals surface area contributed by atoms with Crippen molar-refractivity contribution in [2.24, 2.45) is 0 Å². The summed E-state index contributed by atoms with van der Waals surface area (Å²) in [5, 5.41) is 16.1. The molecule has 1 unspecified atom stereocenters. The van der Waals surface area contributed by atoms with Crippen molar-refractivity contribution >= 4 is 17.2 Å². The van der Waals surface area contributed by atoms with Crippen LogP contribution >= 0.6 is 11.3 Å². The Hall–Kier alpha value is -1.69. The number of thiophene rings is 1. The molecule has 0 fully saturated rings. The number of benzene rings is 1. The Morgan fingerprint density at radius 1 is 1.45 bits per heavy atom. The quantitative estimate of drug-likeness (QED) is 0.859. The summed E-state index contributed by atoms with van der Waals surface area (Å²) in [6.45, 7) is 0.343. The Morgan fingerprint density at radius 3 is 2.95 bits per heavy atom. The summed E-state index contributed by atoms with van der Waals surface area (Å²) in [6, 6.07) is 8.79. The summed E-state index contributed by atoms with van der Waals surface area (Å²) in [6.07, 6.45) is 0. The molecular formula is C15H17NO3S. The maximum absolute atomic E-state index is 12.2. The number of aliphatic hydroxyl groups excluding tert-OH is 1. The van der Waals surface area contributed by atoms with Crippen molar-refractivity contribution in [3.63, 3.8) is 0 Å². The zero-order valence-electron chi connectivity index (χ0n) is 11.2. The van der Waals surface area contributed by atoms with Crippen molar-refractivity contribution < 1.29 is 14.6 Å². The van der Waals surface area contributed by atoms with Crippen LogP contribution in [0.5, 0.6) is 0 Å². The fourth-order valence-electron chi connectivity index (χ4n) is 1.92. The van der Waals surface area contributed by atoms with Crippen LogP contribution in [0.25, 0.3) is 0 Å². The van der Waals surface area contributed by atoms with Gasteiger partial charge in [-0.05, 0) is 40.1 Å². The lowest BCUT2D eigenvalue weighted by Gasteiger charge is -2.15.